The number of aromatic nitrogens is 3. The van der Waals surface area contributed by atoms with Gasteiger partial charge in [-0.25, -0.2) is 23.1 Å². The van der Waals surface area contributed by atoms with Crippen LogP contribution in [-0.2, 0) is 4.79 Å². The van der Waals surface area contributed by atoms with Gasteiger partial charge in [0.05, 0.1) is 17.6 Å². The van der Waals surface area contributed by atoms with Crippen LogP contribution in [0.5, 0.6) is 0 Å². The summed E-state index contributed by atoms with van der Waals surface area (Å²) in [7, 11) is 0. The third-order valence-corrected chi connectivity index (χ3v) is 6.20. The van der Waals surface area contributed by atoms with Crippen LogP contribution in [0.15, 0.2) is 24.5 Å². The second-order valence-corrected chi connectivity index (χ2v) is 7.77. The lowest BCUT2D eigenvalue weighted by molar-refractivity contribution is -0.143. The van der Waals surface area contributed by atoms with Crippen molar-refractivity contribution >= 4 is 22.7 Å². The standard InChI is InChI=1S/C20H17F3N4O2/c21-10-4-11-12(6-24-17(11)13(22)5-10)18-25-7-14(23)19(27-18)26-16-9-2-1-8(3-9)15(16)20(28)29/h4-9,15-16,24H,1-3H2,(H,28,29)(H,25,26,27)/t8-,9-,15-,16-/m0/s1. The number of halogens is 3. The molecule has 2 aliphatic rings. The summed E-state index contributed by atoms with van der Waals surface area (Å²) in [6.07, 6.45) is 4.97. The van der Waals surface area contributed by atoms with Crippen LogP contribution in [-0.4, -0.2) is 32.1 Å². The molecule has 2 heterocycles. The van der Waals surface area contributed by atoms with Crippen LogP contribution in [0, 0.1) is 35.2 Å². The first-order valence-electron chi connectivity index (χ1n) is 9.40. The number of rotatable bonds is 4. The number of fused-ring (bicyclic) bond motifs is 3. The van der Waals surface area contributed by atoms with Crippen molar-refractivity contribution in [1.29, 1.82) is 0 Å². The number of anilines is 1. The predicted molar refractivity (Wildman–Crippen MR) is 98.6 cm³/mol. The van der Waals surface area contributed by atoms with Gasteiger partial charge in [0.15, 0.2) is 17.5 Å². The Kier molecular flexibility index (Phi) is 4.01. The van der Waals surface area contributed by atoms with Gasteiger partial charge in [0.25, 0.3) is 0 Å². The van der Waals surface area contributed by atoms with Gasteiger partial charge in [-0.2, -0.15) is 0 Å². The summed E-state index contributed by atoms with van der Waals surface area (Å²) >= 11 is 0. The monoisotopic (exact) mass is 402 g/mol. The lowest BCUT2D eigenvalue weighted by Gasteiger charge is -2.29. The largest absolute Gasteiger partial charge is 0.481 e. The molecule has 3 aromatic rings. The smallest absolute Gasteiger partial charge is 0.308 e. The SMILES string of the molecule is O=C(O)[C@H]1[C@H]2CC[C@@H](C2)[C@@H]1Nc1nc(-c2c[nH]c3c(F)cc(F)cc23)ncc1F. The van der Waals surface area contributed by atoms with Crippen molar-refractivity contribution < 1.29 is 23.1 Å². The van der Waals surface area contributed by atoms with Crippen LogP contribution in [0.25, 0.3) is 22.3 Å². The quantitative estimate of drug-likeness (QED) is 0.615. The Bertz CT molecular complexity index is 1130. The van der Waals surface area contributed by atoms with Gasteiger partial charge in [0, 0.05) is 29.3 Å². The molecule has 5 rings (SSSR count). The number of nitrogens with zero attached hydrogens (tertiary/aromatic N) is 2. The average molecular weight is 402 g/mol. The molecule has 2 bridgehead atoms. The Morgan fingerprint density at radius 1 is 1.17 bits per heavy atom. The Hall–Kier alpha value is -3.10. The number of nitrogens with one attached hydrogen (secondary N) is 2. The molecule has 3 N–H and O–H groups in total. The maximum atomic E-state index is 14.4. The van der Waals surface area contributed by atoms with Crippen molar-refractivity contribution in [3.8, 4) is 11.4 Å². The van der Waals surface area contributed by atoms with Gasteiger partial charge in [-0.3, -0.25) is 4.79 Å². The van der Waals surface area contributed by atoms with Crippen LogP contribution in [0.4, 0.5) is 19.0 Å². The number of benzene rings is 1. The Balaban J connectivity index is 1.53. The molecule has 29 heavy (non-hydrogen) atoms. The molecule has 0 unspecified atom stereocenters. The molecule has 9 heteroatoms. The van der Waals surface area contributed by atoms with E-state index in [0.29, 0.717) is 5.56 Å². The molecule has 0 radical (unpaired) electrons. The van der Waals surface area contributed by atoms with E-state index in [9.17, 15) is 23.1 Å². The lowest BCUT2D eigenvalue weighted by atomic mass is 9.84. The Morgan fingerprint density at radius 3 is 2.76 bits per heavy atom. The van der Waals surface area contributed by atoms with Crippen LogP contribution in [0.3, 0.4) is 0 Å². The third-order valence-electron chi connectivity index (χ3n) is 6.20. The number of hydrogen-bond donors (Lipinski definition) is 3. The summed E-state index contributed by atoms with van der Waals surface area (Å²) in [6.45, 7) is 0. The first kappa shape index (κ1) is 18.0. The molecule has 4 atom stereocenters. The molecule has 2 saturated carbocycles. The summed E-state index contributed by atoms with van der Waals surface area (Å²) in [4.78, 5) is 22.6. The number of hydrogen-bond acceptors (Lipinski definition) is 4. The van der Waals surface area contributed by atoms with Crippen LogP contribution >= 0.6 is 0 Å². The minimum atomic E-state index is -0.896. The maximum Gasteiger partial charge on any atom is 0.308 e. The van der Waals surface area contributed by atoms with E-state index < -0.39 is 35.4 Å². The van der Waals surface area contributed by atoms with Crippen LogP contribution in [0.2, 0.25) is 0 Å². The highest BCUT2D eigenvalue weighted by Crippen LogP contribution is 2.49. The van der Waals surface area contributed by atoms with Gasteiger partial charge >= 0.3 is 5.97 Å². The van der Waals surface area contributed by atoms with Crippen molar-refractivity contribution in [1.82, 2.24) is 15.0 Å². The Morgan fingerprint density at radius 2 is 1.97 bits per heavy atom. The molecule has 0 aliphatic heterocycles. The summed E-state index contributed by atoms with van der Waals surface area (Å²) in [6, 6.07) is 1.50. The van der Waals surface area contributed by atoms with Crippen LogP contribution in [0.1, 0.15) is 19.3 Å². The van der Waals surface area contributed by atoms with Gasteiger partial charge in [-0.1, -0.05) is 0 Å². The van der Waals surface area contributed by atoms with E-state index in [1.807, 2.05) is 0 Å². The van der Waals surface area contributed by atoms with E-state index in [-0.39, 0.29) is 34.4 Å². The van der Waals surface area contributed by atoms with Crippen molar-refractivity contribution in [2.75, 3.05) is 5.32 Å². The third kappa shape index (κ3) is 2.83. The minimum Gasteiger partial charge on any atom is -0.481 e. The second-order valence-electron chi connectivity index (χ2n) is 7.77. The zero-order valence-electron chi connectivity index (χ0n) is 15.1. The average Bonchev–Trinajstić information content (AvgIpc) is 3.37. The number of aliphatic carboxylic acids is 1. The molecule has 2 aliphatic carbocycles. The zero-order chi connectivity index (χ0) is 20.3. The number of aromatic amines is 1. The minimum absolute atomic E-state index is 0.0823. The van der Waals surface area contributed by atoms with E-state index in [2.05, 4.69) is 20.3 Å². The molecular weight excluding hydrogens is 385 g/mol. The second kappa shape index (κ2) is 6.47. The van der Waals surface area contributed by atoms with Gasteiger partial charge < -0.3 is 15.4 Å². The van der Waals surface area contributed by atoms with Crippen molar-refractivity contribution in [3.63, 3.8) is 0 Å². The van der Waals surface area contributed by atoms with Crippen molar-refractivity contribution in [2.24, 2.45) is 17.8 Å². The maximum absolute atomic E-state index is 14.4. The molecule has 2 aromatic heterocycles. The first-order chi connectivity index (χ1) is 13.9. The fraction of sp³-hybridized carbons (Fsp3) is 0.350. The summed E-state index contributed by atoms with van der Waals surface area (Å²) in [5, 5.41) is 12.8. The fourth-order valence-electron chi connectivity index (χ4n) is 4.95. The number of carboxylic acids is 1. The molecule has 6 nitrogen and oxygen atoms in total. The summed E-state index contributed by atoms with van der Waals surface area (Å²) < 4.78 is 42.0. The Labute approximate surface area is 163 Å². The number of carbonyl (C=O) groups is 1. The lowest BCUT2D eigenvalue weighted by Crippen LogP contribution is -2.39. The van der Waals surface area contributed by atoms with Gasteiger partial charge in [-0.15, -0.1) is 0 Å². The van der Waals surface area contributed by atoms with E-state index in [1.165, 1.54) is 6.20 Å². The number of carboxylic acid groups (broad SMARTS) is 1. The molecule has 0 spiro atoms. The molecular formula is C20H17F3N4O2. The van der Waals surface area contributed by atoms with E-state index in [4.69, 9.17) is 0 Å². The molecule has 2 fully saturated rings. The van der Waals surface area contributed by atoms with Gasteiger partial charge in [0.1, 0.15) is 11.6 Å². The van der Waals surface area contributed by atoms with E-state index in [1.54, 1.807) is 0 Å². The molecule has 150 valence electrons. The first-order valence-corrected chi connectivity index (χ1v) is 9.40. The highest BCUT2D eigenvalue weighted by atomic mass is 19.1. The van der Waals surface area contributed by atoms with Crippen molar-refractivity contribution in [3.05, 3.63) is 42.0 Å². The van der Waals surface area contributed by atoms with Crippen LogP contribution < -0.4 is 5.32 Å². The van der Waals surface area contributed by atoms with E-state index in [0.717, 1.165) is 37.6 Å². The summed E-state index contributed by atoms with van der Waals surface area (Å²) in [5.41, 5.74) is 0.423. The molecule has 0 amide bonds. The molecule has 0 saturated heterocycles. The van der Waals surface area contributed by atoms with Crippen molar-refractivity contribution in [2.45, 2.75) is 25.3 Å². The zero-order valence-corrected chi connectivity index (χ0v) is 15.1. The highest BCUT2D eigenvalue weighted by molar-refractivity contribution is 5.94. The number of H-pyrrole nitrogens is 1. The fourth-order valence-corrected chi connectivity index (χ4v) is 4.95. The van der Waals surface area contributed by atoms with Gasteiger partial charge in [-0.05, 0) is 37.2 Å². The molecule has 1 aromatic carbocycles. The highest BCUT2D eigenvalue weighted by Gasteiger charge is 2.51. The summed E-state index contributed by atoms with van der Waals surface area (Å²) in [5.74, 6) is -3.49. The normalized spacial score (nSPS) is 25.6. The predicted octanol–water partition coefficient (Wildman–Crippen LogP) is 3.95. The van der Waals surface area contributed by atoms with Gasteiger partial charge in [0.2, 0.25) is 0 Å². The van der Waals surface area contributed by atoms with E-state index >= 15 is 0 Å². The topological polar surface area (TPSA) is 90.9 Å².